The molecule has 1 aliphatic heterocycles. The van der Waals surface area contributed by atoms with Crippen molar-refractivity contribution in [3.63, 3.8) is 0 Å². The minimum atomic E-state index is 0. The van der Waals surface area contributed by atoms with Crippen molar-refractivity contribution in [3.8, 4) is 0 Å². The second-order valence-corrected chi connectivity index (χ2v) is 6.33. The highest BCUT2D eigenvalue weighted by atomic mass is 127. The van der Waals surface area contributed by atoms with Gasteiger partial charge in [-0.3, -0.25) is 4.99 Å². The van der Waals surface area contributed by atoms with Crippen LogP contribution >= 0.6 is 35.7 Å². The van der Waals surface area contributed by atoms with Crippen molar-refractivity contribution in [2.75, 3.05) is 51.9 Å². The standard InChI is InChI=1S/C15H31N3OS.HI/c1-4-16-15(17-9-5-13-20-3)18(2)10-6-14-7-11-19-12-8-14;/h14H,4-13H2,1-3H3,(H,16,17);1H. The maximum absolute atomic E-state index is 5.42. The van der Waals surface area contributed by atoms with E-state index in [0.29, 0.717) is 0 Å². The molecule has 0 aromatic rings. The summed E-state index contributed by atoms with van der Waals surface area (Å²) in [5, 5.41) is 3.39. The molecular formula is C15H32IN3OS. The SMILES string of the molecule is CCNC(=NCCCSC)N(C)CCC1CCOCC1.I. The smallest absolute Gasteiger partial charge is 0.193 e. The summed E-state index contributed by atoms with van der Waals surface area (Å²) in [6.07, 6.45) is 6.98. The molecule has 0 aromatic heterocycles. The van der Waals surface area contributed by atoms with Crippen LogP contribution in [0, 0.1) is 5.92 Å². The van der Waals surface area contributed by atoms with Crippen molar-refractivity contribution >= 4 is 41.7 Å². The molecule has 1 N–H and O–H groups in total. The molecule has 1 aliphatic rings. The van der Waals surface area contributed by atoms with Gasteiger partial charge in [-0.15, -0.1) is 24.0 Å². The molecule has 6 heteroatoms. The molecule has 1 rings (SSSR count). The molecule has 1 saturated heterocycles. The zero-order chi connectivity index (χ0) is 14.6. The van der Waals surface area contributed by atoms with Crippen LogP contribution in [0.5, 0.6) is 0 Å². The summed E-state index contributed by atoms with van der Waals surface area (Å²) in [4.78, 5) is 6.98. The minimum Gasteiger partial charge on any atom is -0.381 e. The van der Waals surface area contributed by atoms with Crippen molar-refractivity contribution in [1.29, 1.82) is 0 Å². The molecule has 126 valence electrons. The highest BCUT2D eigenvalue weighted by Gasteiger charge is 2.15. The summed E-state index contributed by atoms with van der Waals surface area (Å²) >= 11 is 1.89. The van der Waals surface area contributed by atoms with E-state index in [1.807, 2.05) is 11.8 Å². The molecule has 21 heavy (non-hydrogen) atoms. The number of nitrogens with one attached hydrogen (secondary N) is 1. The second-order valence-electron chi connectivity index (χ2n) is 5.35. The third-order valence-electron chi connectivity index (χ3n) is 3.68. The van der Waals surface area contributed by atoms with Gasteiger partial charge in [-0.2, -0.15) is 11.8 Å². The van der Waals surface area contributed by atoms with Gasteiger partial charge in [0, 0.05) is 39.9 Å². The third-order valence-corrected chi connectivity index (χ3v) is 4.38. The number of hydrogen-bond donors (Lipinski definition) is 1. The van der Waals surface area contributed by atoms with Crippen LogP contribution in [0.1, 0.15) is 32.6 Å². The first-order valence-corrected chi connectivity index (χ1v) is 9.23. The Morgan fingerprint density at radius 3 is 2.71 bits per heavy atom. The van der Waals surface area contributed by atoms with Crippen molar-refractivity contribution in [2.45, 2.75) is 32.6 Å². The van der Waals surface area contributed by atoms with Gasteiger partial charge in [0.25, 0.3) is 0 Å². The van der Waals surface area contributed by atoms with E-state index in [9.17, 15) is 0 Å². The molecule has 0 atom stereocenters. The number of thioether (sulfide) groups is 1. The fourth-order valence-electron chi connectivity index (χ4n) is 2.38. The van der Waals surface area contributed by atoms with Crippen LogP contribution in [0.3, 0.4) is 0 Å². The van der Waals surface area contributed by atoms with Gasteiger partial charge in [0.2, 0.25) is 0 Å². The molecule has 0 amide bonds. The first-order valence-electron chi connectivity index (χ1n) is 7.84. The van der Waals surface area contributed by atoms with Crippen molar-refractivity contribution in [1.82, 2.24) is 10.2 Å². The van der Waals surface area contributed by atoms with Gasteiger partial charge in [-0.1, -0.05) is 0 Å². The number of halogens is 1. The number of nitrogens with zero attached hydrogens (tertiary/aromatic N) is 2. The van der Waals surface area contributed by atoms with E-state index >= 15 is 0 Å². The van der Waals surface area contributed by atoms with E-state index in [0.717, 1.165) is 51.1 Å². The fraction of sp³-hybridized carbons (Fsp3) is 0.933. The lowest BCUT2D eigenvalue weighted by Crippen LogP contribution is -2.40. The van der Waals surface area contributed by atoms with Gasteiger partial charge >= 0.3 is 0 Å². The van der Waals surface area contributed by atoms with Crippen molar-refractivity contribution < 1.29 is 4.74 Å². The van der Waals surface area contributed by atoms with Gasteiger partial charge in [0.1, 0.15) is 0 Å². The van der Waals surface area contributed by atoms with Gasteiger partial charge in [-0.05, 0) is 50.5 Å². The average molecular weight is 429 g/mol. The summed E-state index contributed by atoms with van der Waals surface area (Å²) in [7, 11) is 2.15. The van der Waals surface area contributed by atoms with Crippen LogP contribution in [0.15, 0.2) is 4.99 Å². The number of hydrogen-bond acceptors (Lipinski definition) is 3. The Balaban J connectivity index is 0.00000400. The van der Waals surface area contributed by atoms with Gasteiger partial charge < -0.3 is 15.0 Å². The largest absolute Gasteiger partial charge is 0.381 e. The van der Waals surface area contributed by atoms with Crippen LogP contribution in [-0.4, -0.2) is 62.8 Å². The Labute approximate surface area is 151 Å². The lowest BCUT2D eigenvalue weighted by Gasteiger charge is -2.26. The predicted molar refractivity (Wildman–Crippen MR) is 105 cm³/mol. The number of aliphatic imine (C=N–C) groups is 1. The zero-order valence-electron chi connectivity index (χ0n) is 13.8. The maximum atomic E-state index is 5.42. The molecule has 0 saturated carbocycles. The normalized spacial score (nSPS) is 16.4. The molecule has 0 spiro atoms. The van der Waals surface area contributed by atoms with Gasteiger partial charge in [0.15, 0.2) is 5.96 Å². The lowest BCUT2D eigenvalue weighted by molar-refractivity contribution is 0.0625. The summed E-state index contributed by atoms with van der Waals surface area (Å²) in [6.45, 7) is 6.95. The fourth-order valence-corrected chi connectivity index (χ4v) is 2.80. The topological polar surface area (TPSA) is 36.9 Å². The van der Waals surface area contributed by atoms with Crippen LogP contribution in [-0.2, 0) is 4.74 Å². The number of ether oxygens (including phenoxy) is 1. The Kier molecular flexibility index (Phi) is 14.1. The average Bonchev–Trinajstić information content (AvgIpc) is 2.49. The Hall–Kier alpha value is 0.310. The molecular weight excluding hydrogens is 397 g/mol. The maximum Gasteiger partial charge on any atom is 0.193 e. The number of rotatable bonds is 8. The second kappa shape index (κ2) is 13.9. The van der Waals surface area contributed by atoms with Crippen molar-refractivity contribution in [2.24, 2.45) is 10.9 Å². The molecule has 0 radical (unpaired) electrons. The molecule has 0 aromatic carbocycles. The van der Waals surface area contributed by atoms with Crippen LogP contribution in [0.25, 0.3) is 0 Å². The molecule has 4 nitrogen and oxygen atoms in total. The Morgan fingerprint density at radius 1 is 1.38 bits per heavy atom. The third kappa shape index (κ3) is 9.84. The molecule has 1 fully saturated rings. The van der Waals surface area contributed by atoms with E-state index in [1.165, 1.54) is 25.0 Å². The lowest BCUT2D eigenvalue weighted by atomic mass is 9.96. The summed E-state index contributed by atoms with van der Waals surface area (Å²) in [6, 6.07) is 0. The minimum absolute atomic E-state index is 0. The molecule has 0 aliphatic carbocycles. The first kappa shape index (κ1) is 21.3. The van der Waals surface area contributed by atoms with E-state index in [1.54, 1.807) is 0 Å². The molecule has 1 heterocycles. The van der Waals surface area contributed by atoms with Crippen LogP contribution in [0.4, 0.5) is 0 Å². The van der Waals surface area contributed by atoms with E-state index in [-0.39, 0.29) is 24.0 Å². The summed E-state index contributed by atoms with van der Waals surface area (Å²) in [5.41, 5.74) is 0. The van der Waals surface area contributed by atoms with Crippen molar-refractivity contribution in [3.05, 3.63) is 0 Å². The summed E-state index contributed by atoms with van der Waals surface area (Å²) in [5.74, 6) is 3.07. The van der Waals surface area contributed by atoms with Crippen LogP contribution in [0.2, 0.25) is 0 Å². The van der Waals surface area contributed by atoms with Gasteiger partial charge in [-0.25, -0.2) is 0 Å². The van der Waals surface area contributed by atoms with Crippen LogP contribution < -0.4 is 5.32 Å². The predicted octanol–water partition coefficient (Wildman–Crippen LogP) is 3.07. The van der Waals surface area contributed by atoms with Gasteiger partial charge in [0.05, 0.1) is 0 Å². The monoisotopic (exact) mass is 429 g/mol. The quantitative estimate of drug-likeness (QED) is 0.279. The molecule has 0 unspecified atom stereocenters. The Morgan fingerprint density at radius 2 is 2.10 bits per heavy atom. The van der Waals surface area contributed by atoms with E-state index < -0.39 is 0 Å². The highest BCUT2D eigenvalue weighted by Crippen LogP contribution is 2.18. The summed E-state index contributed by atoms with van der Waals surface area (Å²) < 4.78 is 5.42. The first-order chi connectivity index (χ1) is 9.77. The Bertz CT molecular complexity index is 274. The molecule has 0 bridgehead atoms. The van der Waals surface area contributed by atoms with E-state index in [2.05, 4.69) is 30.4 Å². The highest BCUT2D eigenvalue weighted by molar-refractivity contribution is 14.0. The van der Waals surface area contributed by atoms with E-state index in [4.69, 9.17) is 9.73 Å². The zero-order valence-corrected chi connectivity index (χ0v) is 16.9. The number of guanidine groups is 1.